The van der Waals surface area contributed by atoms with Crippen LogP contribution in [0.2, 0.25) is 0 Å². The quantitative estimate of drug-likeness (QED) is 0.713. The molecular weight excluding hydrogens is 315 g/mol. The van der Waals surface area contributed by atoms with Crippen molar-refractivity contribution in [2.45, 2.75) is 13.0 Å². The molecule has 0 saturated heterocycles. The molecule has 0 bridgehead atoms. The Labute approximate surface area is 145 Å². The molecule has 5 rings (SSSR count). The van der Waals surface area contributed by atoms with E-state index in [0.717, 1.165) is 59.6 Å². The minimum atomic E-state index is -0.212. The van der Waals surface area contributed by atoms with Crippen LogP contribution >= 0.6 is 0 Å². The first kappa shape index (κ1) is 14.7. The van der Waals surface area contributed by atoms with E-state index in [1.165, 1.54) is 17.2 Å². The van der Waals surface area contributed by atoms with E-state index < -0.39 is 0 Å². The summed E-state index contributed by atoms with van der Waals surface area (Å²) in [4.78, 5) is 10.3. The molecule has 0 atom stereocenters. The van der Waals surface area contributed by atoms with Crippen molar-refractivity contribution in [1.29, 1.82) is 0 Å². The minimum absolute atomic E-state index is 0.212. The lowest BCUT2D eigenvalue weighted by Gasteiger charge is -2.21. The van der Waals surface area contributed by atoms with E-state index in [4.69, 9.17) is 0 Å². The number of aromatic amines is 1. The molecule has 0 aliphatic carbocycles. The number of nitrogens with one attached hydrogen (secondary N) is 2. The molecule has 1 aromatic carbocycles. The predicted molar refractivity (Wildman–Crippen MR) is 99.1 cm³/mol. The topological polar surface area (TPSA) is 44.0 Å². The molecule has 5 heteroatoms. The highest BCUT2D eigenvalue weighted by Gasteiger charge is 2.25. The first-order chi connectivity index (χ1) is 12.2. The van der Waals surface area contributed by atoms with Gasteiger partial charge in [0.2, 0.25) is 0 Å². The van der Waals surface area contributed by atoms with E-state index in [1.54, 1.807) is 12.3 Å². The van der Waals surface area contributed by atoms with Gasteiger partial charge in [-0.1, -0.05) is 6.08 Å². The molecule has 25 heavy (non-hydrogen) atoms. The van der Waals surface area contributed by atoms with Gasteiger partial charge in [0.1, 0.15) is 11.5 Å². The van der Waals surface area contributed by atoms with Gasteiger partial charge in [-0.3, -0.25) is 0 Å². The molecule has 2 N–H and O–H groups in total. The average molecular weight is 334 g/mol. The Morgan fingerprint density at radius 3 is 2.96 bits per heavy atom. The Balaban J connectivity index is 1.83. The fourth-order valence-corrected chi connectivity index (χ4v) is 4.05. The first-order valence-corrected chi connectivity index (χ1v) is 8.63. The van der Waals surface area contributed by atoms with Crippen LogP contribution in [0.5, 0.6) is 0 Å². The third kappa shape index (κ3) is 2.19. The number of halogens is 1. The van der Waals surface area contributed by atoms with Crippen molar-refractivity contribution >= 4 is 22.3 Å². The first-order valence-electron chi connectivity index (χ1n) is 8.63. The van der Waals surface area contributed by atoms with Gasteiger partial charge in [-0.2, -0.15) is 0 Å². The van der Waals surface area contributed by atoms with Crippen molar-refractivity contribution in [3.05, 3.63) is 53.6 Å². The molecule has 0 amide bonds. The molecule has 4 nitrogen and oxygen atoms in total. The fraction of sp³-hybridized carbons (Fsp3) is 0.250. The summed E-state index contributed by atoms with van der Waals surface area (Å²) in [6.45, 7) is 2.65. The molecule has 2 aromatic heterocycles. The van der Waals surface area contributed by atoms with Crippen molar-refractivity contribution < 1.29 is 4.39 Å². The van der Waals surface area contributed by atoms with Crippen LogP contribution in [0.3, 0.4) is 0 Å². The zero-order chi connectivity index (χ0) is 17.0. The molecule has 2 aliphatic rings. The lowest BCUT2D eigenvalue weighted by molar-refractivity contribution is 0.628. The van der Waals surface area contributed by atoms with Crippen LogP contribution in [-0.2, 0) is 6.54 Å². The van der Waals surface area contributed by atoms with Crippen molar-refractivity contribution in [1.82, 2.24) is 15.3 Å². The largest absolute Gasteiger partial charge is 0.370 e. The van der Waals surface area contributed by atoms with Crippen molar-refractivity contribution in [2.75, 3.05) is 25.0 Å². The van der Waals surface area contributed by atoms with E-state index in [9.17, 15) is 4.39 Å². The third-order valence-corrected chi connectivity index (χ3v) is 5.20. The number of pyridine rings is 1. The van der Waals surface area contributed by atoms with Gasteiger partial charge >= 0.3 is 0 Å². The number of rotatable bonds is 1. The lowest BCUT2D eigenvalue weighted by atomic mass is 9.98. The highest BCUT2D eigenvalue weighted by atomic mass is 19.1. The smallest absolute Gasteiger partial charge is 0.138 e. The molecule has 126 valence electrons. The Bertz CT molecular complexity index is 1020. The number of fused-ring (bicyclic) bond motifs is 2. The molecule has 4 heterocycles. The second-order valence-corrected chi connectivity index (χ2v) is 6.77. The SMILES string of the molecule is CN1Cc2c(C3=CCCNC3)[nH]c3nccc(c23)-c2cc(F)ccc21. The van der Waals surface area contributed by atoms with Gasteiger partial charge in [0.15, 0.2) is 0 Å². The van der Waals surface area contributed by atoms with E-state index in [0.29, 0.717) is 0 Å². The number of anilines is 1. The summed E-state index contributed by atoms with van der Waals surface area (Å²) >= 11 is 0. The van der Waals surface area contributed by atoms with E-state index in [1.807, 2.05) is 12.1 Å². The zero-order valence-electron chi connectivity index (χ0n) is 14.1. The molecule has 0 spiro atoms. The summed E-state index contributed by atoms with van der Waals surface area (Å²) in [5.41, 5.74) is 7.58. The van der Waals surface area contributed by atoms with E-state index in [2.05, 4.69) is 33.3 Å². The Kier molecular flexibility index (Phi) is 3.18. The Hall–Kier alpha value is -2.66. The molecule has 0 unspecified atom stereocenters. The summed E-state index contributed by atoms with van der Waals surface area (Å²) in [6, 6.07) is 7.02. The lowest BCUT2D eigenvalue weighted by Crippen LogP contribution is -2.23. The zero-order valence-corrected chi connectivity index (χ0v) is 14.1. The van der Waals surface area contributed by atoms with Crippen LogP contribution in [-0.4, -0.2) is 30.1 Å². The van der Waals surface area contributed by atoms with Crippen molar-refractivity contribution in [3.8, 4) is 11.1 Å². The molecule has 2 aliphatic heterocycles. The van der Waals surface area contributed by atoms with Crippen LogP contribution in [0.15, 0.2) is 36.5 Å². The van der Waals surface area contributed by atoms with Gasteiger partial charge in [0.05, 0.1) is 0 Å². The van der Waals surface area contributed by atoms with Gasteiger partial charge in [-0.25, -0.2) is 9.37 Å². The van der Waals surface area contributed by atoms with Crippen LogP contribution in [0.4, 0.5) is 10.1 Å². The number of nitrogens with zero attached hydrogens (tertiary/aromatic N) is 2. The number of H-pyrrole nitrogens is 1. The third-order valence-electron chi connectivity index (χ3n) is 5.20. The van der Waals surface area contributed by atoms with Crippen LogP contribution in [0, 0.1) is 5.82 Å². The molecule has 3 aromatic rings. The van der Waals surface area contributed by atoms with Gasteiger partial charge in [-0.15, -0.1) is 0 Å². The Morgan fingerprint density at radius 1 is 1.20 bits per heavy atom. The highest BCUT2D eigenvalue weighted by Crippen LogP contribution is 2.42. The number of hydrogen-bond donors (Lipinski definition) is 2. The monoisotopic (exact) mass is 334 g/mol. The maximum atomic E-state index is 14.0. The highest BCUT2D eigenvalue weighted by molar-refractivity contribution is 6.02. The maximum Gasteiger partial charge on any atom is 0.138 e. The predicted octanol–water partition coefficient (Wildman–Crippen LogP) is 3.70. The Morgan fingerprint density at radius 2 is 2.12 bits per heavy atom. The van der Waals surface area contributed by atoms with Gasteiger partial charge in [0.25, 0.3) is 0 Å². The van der Waals surface area contributed by atoms with Crippen molar-refractivity contribution in [2.24, 2.45) is 0 Å². The van der Waals surface area contributed by atoms with Crippen molar-refractivity contribution in [3.63, 3.8) is 0 Å². The summed E-state index contributed by atoms with van der Waals surface area (Å²) in [5.74, 6) is -0.212. The molecular formula is C20H19FN4. The standard InChI is InChI=1S/C20H19FN4/c1-25-11-16-18-14(15-9-13(21)4-5-17(15)25)6-8-23-20(18)24-19(16)12-3-2-7-22-10-12/h3-6,8-9,22H,2,7,10-11H2,1H3,(H,23,24). The normalized spacial score (nSPS) is 16.6. The maximum absolute atomic E-state index is 14.0. The fourth-order valence-electron chi connectivity index (χ4n) is 4.05. The summed E-state index contributed by atoms with van der Waals surface area (Å²) in [6.07, 6.45) is 5.13. The van der Waals surface area contributed by atoms with Gasteiger partial charge in [-0.05, 0) is 48.4 Å². The molecule has 0 fully saturated rings. The summed E-state index contributed by atoms with van der Waals surface area (Å²) < 4.78 is 14.0. The number of benzene rings is 1. The second-order valence-electron chi connectivity index (χ2n) is 6.77. The van der Waals surface area contributed by atoms with Crippen LogP contribution < -0.4 is 10.2 Å². The van der Waals surface area contributed by atoms with E-state index >= 15 is 0 Å². The number of hydrogen-bond acceptors (Lipinski definition) is 3. The minimum Gasteiger partial charge on any atom is -0.370 e. The number of aromatic nitrogens is 2. The van der Waals surface area contributed by atoms with Crippen LogP contribution in [0.1, 0.15) is 17.7 Å². The van der Waals surface area contributed by atoms with Gasteiger partial charge in [0, 0.05) is 54.2 Å². The average Bonchev–Trinajstić information content (AvgIpc) is 2.95. The summed E-state index contributed by atoms with van der Waals surface area (Å²) in [7, 11) is 2.06. The summed E-state index contributed by atoms with van der Waals surface area (Å²) in [5, 5.41) is 4.55. The van der Waals surface area contributed by atoms with Crippen LogP contribution in [0.25, 0.3) is 27.7 Å². The second kappa shape index (κ2) is 5.43. The van der Waals surface area contributed by atoms with Gasteiger partial charge < -0.3 is 15.2 Å². The molecule has 0 radical (unpaired) electrons. The molecule has 0 saturated carbocycles. The van der Waals surface area contributed by atoms with E-state index in [-0.39, 0.29) is 5.82 Å².